The molecular weight excluding hydrogens is 292 g/mol. The van der Waals surface area contributed by atoms with Crippen molar-refractivity contribution in [3.8, 4) is 0 Å². The highest BCUT2D eigenvalue weighted by atomic mass is 79.9. The van der Waals surface area contributed by atoms with Crippen LogP contribution in [0.25, 0.3) is 0 Å². The Bertz CT molecular complexity index is 481. The predicted octanol–water partition coefficient (Wildman–Crippen LogP) is 2.05. The molecule has 0 saturated carbocycles. The van der Waals surface area contributed by atoms with E-state index < -0.39 is 23.3 Å². The van der Waals surface area contributed by atoms with E-state index in [1.807, 2.05) is 0 Å². The highest BCUT2D eigenvalue weighted by Crippen LogP contribution is 2.17. The molecule has 0 bridgehead atoms. The summed E-state index contributed by atoms with van der Waals surface area (Å²) in [5, 5.41) is 18.2. The van der Waals surface area contributed by atoms with Gasteiger partial charge in [-0.3, -0.25) is 4.79 Å². The average molecular weight is 301 g/mol. The van der Waals surface area contributed by atoms with Crippen molar-refractivity contribution in [3.63, 3.8) is 0 Å². The second kappa shape index (κ2) is 5.58. The Labute approximate surface area is 105 Å². The normalized spacial score (nSPS) is 9.94. The van der Waals surface area contributed by atoms with Gasteiger partial charge >= 0.3 is 11.9 Å². The number of aromatic carboxylic acids is 2. The van der Waals surface area contributed by atoms with Crippen LogP contribution >= 0.6 is 15.9 Å². The summed E-state index contributed by atoms with van der Waals surface area (Å²) < 4.78 is 0. The van der Waals surface area contributed by atoms with Crippen LogP contribution in [-0.4, -0.2) is 33.3 Å². The van der Waals surface area contributed by atoms with E-state index in [0.29, 0.717) is 5.33 Å². The van der Waals surface area contributed by atoms with E-state index in [9.17, 15) is 14.4 Å². The maximum atomic E-state index is 11.7. The first-order valence-electron chi connectivity index (χ1n) is 4.67. The van der Waals surface area contributed by atoms with Gasteiger partial charge in [-0.05, 0) is 6.07 Å². The zero-order chi connectivity index (χ0) is 13.0. The third-order valence-electron chi connectivity index (χ3n) is 2.13. The van der Waals surface area contributed by atoms with Gasteiger partial charge < -0.3 is 10.2 Å². The lowest BCUT2D eigenvalue weighted by atomic mass is 9.97. The van der Waals surface area contributed by atoms with E-state index in [-0.39, 0.29) is 17.5 Å². The number of carboxylic acids is 2. The van der Waals surface area contributed by atoms with E-state index in [2.05, 4.69) is 15.9 Å². The van der Waals surface area contributed by atoms with Crippen LogP contribution in [-0.2, 0) is 0 Å². The van der Waals surface area contributed by atoms with Crippen LogP contribution in [0.5, 0.6) is 0 Å². The molecule has 90 valence electrons. The number of benzene rings is 1. The molecule has 0 unspecified atom stereocenters. The molecule has 0 amide bonds. The Balaban J connectivity index is 3.40. The summed E-state index contributed by atoms with van der Waals surface area (Å²) in [5.74, 6) is -3.18. The zero-order valence-corrected chi connectivity index (χ0v) is 10.2. The quantitative estimate of drug-likeness (QED) is 0.641. The Kier molecular flexibility index (Phi) is 4.39. The molecule has 0 aliphatic rings. The van der Waals surface area contributed by atoms with Crippen LogP contribution in [0.1, 0.15) is 37.5 Å². The fraction of sp³-hybridized carbons (Fsp3) is 0.182. The predicted molar refractivity (Wildman–Crippen MR) is 63.1 cm³/mol. The van der Waals surface area contributed by atoms with E-state index in [1.165, 1.54) is 12.1 Å². The Morgan fingerprint density at radius 2 is 1.65 bits per heavy atom. The minimum Gasteiger partial charge on any atom is -0.478 e. The summed E-state index contributed by atoms with van der Waals surface area (Å²) in [4.78, 5) is 33.6. The lowest BCUT2D eigenvalue weighted by Gasteiger charge is -2.07. The molecule has 0 aliphatic carbocycles. The van der Waals surface area contributed by atoms with E-state index in [0.717, 1.165) is 6.07 Å². The molecule has 5 nitrogen and oxygen atoms in total. The number of Topliss-reactive ketones (excluding diaryl/α,β-unsaturated/α-hetero) is 1. The molecule has 1 aromatic rings. The number of alkyl halides is 1. The first-order chi connectivity index (χ1) is 7.99. The molecule has 0 fully saturated rings. The first-order valence-corrected chi connectivity index (χ1v) is 5.80. The lowest BCUT2D eigenvalue weighted by molar-refractivity contribution is 0.0649. The van der Waals surface area contributed by atoms with Crippen LogP contribution in [0.4, 0.5) is 0 Å². The van der Waals surface area contributed by atoms with Gasteiger partial charge in [0.1, 0.15) is 0 Å². The van der Waals surface area contributed by atoms with Crippen molar-refractivity contribution in [1.82, 2.24) is 0 Å². The fourth-order valence-electron chi connectivity index (χ4n) is 1.41. The molecule has 0 atom stereocenters. The molecule has 0 heterocycles. The molecule has 0 saturated heterocycles. The third-order valence-corrected chi connectivity index (χ3v) is 2.53. The molecule has 1 aromatic carbocycles. The highest BCUT2D eigenvalue weighted by molar-refractivity contribution is 9.09. The Hall–Kier alpha value is -1.69. The summed E-state index contributed by atoms with van der Waals surface area (Å²) in [6.45, 7) is 0. The summed E-state index contributed by atoms with van der Waals surface area (Å²) >= 11 is 3.07. The molecule has 1 rings (SSSR count). The van der Waals surface area contributed by atoms with Gasteiger partial charge in [0.15, 0.2) is 5.78 Å². The van der Waals surface area contributed by atoms with Crippen LogP contribution in [0.3, 0.4) is 0 Å². The number of carbonyl (C=O) groups excluding carboxylic acids is 1. The Morgan fingerprint density at radius 1 is 1.06 bits per heavy atom. The molecule has 17 heavy (non-hydrogen) atoms. The van der Waals surface area contributed by atoms with Gasteiger partial charge in [-0.2, -0.15) is 0 Å². The number of carbonyl (C=O) groups is 3. The van der Waals surface area contributed by atoms with Crippen LogP contribution in [0.2, 0.25) is 0 Å². The van der Waals surface area contributed by atoms with Crippen molar-refractivity contribution < 1.29 is 24.6 Å². The van der Waals surface area contributed by atoms with Crippen LogP contribution in [0, 0.1) is 0 Å². The molecular formula is C11H9BrO5. The summed E-state index contributed by atoms with van der Waals surface area (Å²) in [5.41, 5.74) is -0.902. The van der Waals surface area contributed by atoms with E-state index in [4.69, 9.17) is 10.2 Å². The molecule has 0 radical (unpaired) electrons. The van der Waals surface area contributed by atoms with Crippen molar-refractivity contribution in [1.29, 1.82) is 0 Å². The second-order valence-electron chi connectivity index (χ2n) is 3.20. The van der Waals surface area contributed by atoms with Crippen molar-refractivity contribution in [2.45, 2.75) is 6.42 Å². The number of hydrogen-bond acceptors (Lipinski definition) is 3. The standard InChI is InChI=1S/C11H9BrO5/c12-5-4-8(13)6-2-1-3-7(10(14)15)9(6)11(16)17/h1-3H,4-5H2,(H,14,15)(H,16,17). The molecule has 0 spiro atoms. The minimum absolute atomic E-state index is 0.0724. The summed E-state index contributed by atoms with van der Waals surface area (Å²) in [6.07, 6.45) is 0.114. The van der Waals surface area contributed by atoms with E-state index >= 15 is 0 Å². The fourth-order valence-corrected chi connectivity index (χ4v) is 1.77. The maximum absolute atomic E-state index is 11.7. The summed E-state index contributed by atoms with van der Waals surface area (Å²) in [6, 6.07) is 3.84. The topological polar surface area (TPSA) is 91.7 Å². The third kappa shape index (κ3) is 2.91. The highest BCUT2D eigenvalue weighted by Gasteiger charge is 2.22. The van der Waals surface area contributed by atoms with Crippen molar-refractivity contribution >= 4 is 33.7 Å². The SMILES string of the molecule is O=C(O)c1cccc(C(=O)CCBr)c1C(=O)O. The second-order valence-corrected chi connectivity index (χ2v) is 3.99. The number of hydrogen-bond donors (Lipinski definition) is 2. The van der Waals surface area contributed by atoms with Gasteiger partial charge in [0.05, 0.1) is 11.1 Å². The van der Waals surface area contributed by atoms with Crippen molar-refractivity contribution in [2.75, 3.05) is 5.33 Å². The molecule has 0 aliphatic heterocycles. The first kappa shape index (κ1) is 13.4. The monoisotopic (exact) mass is 300 g/mol. The van der Waals surface area contributed by atoms with E-state index in [1.54, 1.807) is 0 Å². The maximum Gasteiger partial charge on any atom is 0.337 e. The number of halogens is 1. The zero-order valence-electron chi connectivity index (χ0n) is 8.64. The number of carboxylic acid groups (broad SMARTS) is 2. The number of rotatable bonds is 5. The molecule has 0 aromatic heterocycles. The van der Waals surface area contributed by atoms with Crippen LogP contribution < -0.4 is 0 Å². The minimum atomic E-state index is -1.42. The van der Waals surface area contributed by atoms with Crippen LogP contribution in [0.15, 0.2) is 18.2 Å². The van der Waals surface area contributed by atoms with Crippen molar-refractivity contribution in [3.05, 3.63) is 34.9 Å². The van der Waals surface area contributed by atoms with Gasteiger partial charge in [-0.1, -0.05) is 28.1 Å². The van der Waals surface area contributed by atoms with Crippen molar-refractivity contribution in [2.24, 2.45) is 0 Å². The molecule has 6 heteroatoms. The van der Waals surface area contributed by atoms with Gasteiger partial charge in [0.2, 0.25) is 0 Å². The number of ketones is 1. The average Bonchev–Trinajstić information content (AvgIpc) is 2.28. The van der Waals surface area contributed by atoms with Gasteiger partial charge in [-0.25, -0.2) is 9.59 Å². The summed E-state index contributed by atoms with van der Waals surface area (Å²) in [7, 11) is 0. The van der Waals surface area contributed by atoms with Gasteiger partial charge in [0, 0.05) is 17.3 Å². The van der Waals surface area contributed by atoms with Gasteiger partial charge in [0.25, 0.3) is 0 Å². The Morgan fingerprint density at radius 3 is 2.12 bits per heavy atom. The lowest BCUT2D eigenvalue weighted by Crippen LogP contribution is -2.14. The molecule has 2 N–H and O–H groups in total. The smallest absolute Gasteiger partial charge is 0.337 e. The largest absolute Gasteiger partial charge is 0.478 e. The van der Waals surface area contributed by atoms with Gasteiger partial charge in [-0.15, -0.1) is 0 Å².